The molecule has 0 fully saturated rings. The van der Waals surface area contributed by atoms with Gasteiger partial charge in [0.05, 0.1) is 6.10 Å². The molecule has 0 amide bonds. The standard InChI is InChI=1S/C7H10N2O/c1-5(10)6-3-2-4-9-7(6)8/h2-5,10H,1H3,(H2,8,9)/t5-/m1/s1. The van der Waals surface area contributed by atoms with Gasteiger partial charge in [-0.1, -0.05) is 6.07 Å². The van der Waals surface area contributed by atoms with Crippen molar-refractivity contribution in [2.45, 2.75) is 13.0 Å². The summed E-state index contributed by atoms with van der Waals surface area (Å²) < 4.78 is 0. The fraction of sp³-hybridized carbons (Fsp3) is 0.286. The number of rotatable bonds is 1. The molecule has 1 atom stereocenters. The van der Waals surface area contributed by atoms with E-state index in [2.05, 4.69) is 4.98 Å². The highest BCUT2D eigenvalue weighted by molar-refractivity contribution is 5.39. The van der Waals surface area contributed by atoms with Crippen molar-refractivity contribution in [3.63, 3.8) is 0 Å². The van der Waals surface area contributed by atoms with Crippen LogP contribution in [0, 0.1) is 0 Å². The van der Waals surface area contributed by atoms with E-state index in [0.29, 0.717) is 11.4 Å². The van der Waals surface area contributed by atoms with Crippen LogP contribution in [0.1, 0.15) is 18.6 Å². The molecule has 0 saturated heterocycles. The lowest BCUT2D eigenvalue weighted by Crippen LogP contribution is -1.99. The fourth-order valence-corrected chi connectivity index (χ4v) is 0.783. The Morgan fingerprint density at radius 2 is 2.40 bits per heavy atom. The second-order valence-electron chi connectivity index (χ2n) is 2.15. The fourth-order valence-electron chi connectivity index (χ4n) is 0.783. The molecular formula is C7H10N2O. The minimum Gasteiger partial charge on any atom is -0.389 e. The third kappa shape index (κ3) is 1.25. The average molecular weight is 138 g/mol. The molecule has 0 aliphatic carbocycles. The number of hydrogen-bond donors (Lipinski definition) is 2. The van der Waals surface area contributed by atoms with Gasteiger partial charge in [0.1, 0.15) is 5.82 Å². The summed E-state index contributed by atoms with van der Waals surface area (Å²) in [4.78, 5) is 3.82. The number of nitrogens with zero attached hydrogens (tertiary/aromatic N) is 1. The zero-order chi connectivity index (χ0) is 7.56. The first-order chi connectivity index (χ1) is 4.72. The maximum absolute atomic E-state index is 9.08. The molecule has 54 valence electrons. The summed E-state index contributed by atoms with van der Waals surface area (Å²) >= 11 is 0. The lowest BCUT2D eigenvalue weighted by Gasteiger charge is -2.05. The van der Waals surface area contributed by atoms with Gasteiger partial charge >= 0.3 is 0 Å². The number of hydrogen-bond acceptors (Lipinski definition) is 3. The Kier molecular flexibility index (Phi) is 1.87. The summed E-state index contributed by atoms with van der Waals surface area (Å²) in [5.74, 6) is 0.400. The van der Waals surface area contributed by atoms with Crippen molar-refractivity contribution in [1.82, 2.24) is 4.98 Å². The van der Waals surface area contributed by atoms with Crippen LogP contribution in [-0.2, 0) is 0 Å². The Hall–Kier alpha value is -1.09. The predicted molar refractivity (Wildman–Crippen MR) is 39.3 cm³/mol. The van der Waals surface area contributed by atoms with Crippen molar-refractivity contribution in [1.29, 1.82) is 0 Å². The molecule has 1 rings (SSSR count). The second-order valence-corrected chi connectivity index (χ2v) is 2.15. The molecule has 0 aliphatic rings. The molecule has 1 aromatic rings. The minimum absolute atomic E-state index is 0.400. The lowest BCUT2D eigenvalue weighted by molar-refractivity contribution is 0.199. The zero-order valence-electron chi connectivity index (χ0n) is 5.78. The molecule has 0 saturated carbocycles. The number of aliphatic hydroxyl groups is 1. The van der Waals surface area contributed by atoms with Gasteiger partial charge in [-0.15, -0.1) is 0 Å². The number of anilines is 1. The minimum atomic E-state index is -0.534. The van der Waals surface area contributed by atoms with Crippen molar-refractivity contribution in [2.24, 2.45) is 0 Å². The van der Waals surface area contributed by atoms with Crippen LogP contribution in [0.25, 0.3) is 0 Å². The van der Waals surface area contributed by atoms with E-state index < -0.39 is 6.10 Å². The van der Waals surface area contributed by atoms with Crippen LogP contribution in [-0.4, -0.2) is 10.1 Å². The van der Waals surface area contributed by atoms with Crippen molar-refractivity contribution >= 4 is 5.82 Å². The first-order valence-electron chi connectivity index (χ1n) is 3.10. The molecule has 10 heavy (non-hydrogen) atoms. The molecule has 3 nitrogen and oxygen atoms in total. The smallest absolute Gasteiger partial charge is 0.129 e. The van der Waals surface area contributed by atoms with Gasteiger partial charge in [0.15, 0.2) is 0 Å². The van der Waals surface area contributed by atoms with Crippen molar-refractivity contribution in [3.05, 3.63) is 23.9 Å². The topological polar surface area (TPSA) is 59.1 Å². The molecule has 0 radical (unpaired) electrons. The number of aromatic nitrogens is 1. The maximum Gasteiger partial charge on any atom is 0.129 e. The molecule has 0 unspecified atom stereocenters. The van der Waals surface area contributed by atoms with Gasteiger partial charge in [0, 0.05) is 11.8 Å². The molecule has 0 aromatic carbocycles. The van der Waals surface area contributed by atoms with E-state index in [9.17, 15) is 0 Å². The van der Waals surface area contributed by atoms with E-state index >= 15 is 0 Å². The highest BCUT2D eigenvalue weighted by Gasteiger charge is 2.03. The largest absolute Gasteiger partial charge is 0.389 e. The van der Waals surface area contributed by atoms with Gasteiger partial charge < -0.3 is 10.8 Å². The lowest BCUT2D eigenvalue weighted by atomic mass is 10.2. The van der Waals surface area contributed by atoms with Gasteiger partial charge in [-0.25, -0.2) is 4.98 Å². The number of nitrogen functional groups attached to an aromatic ring is 1. The van der Waals surface area contributed by atoms with E-state index in [1.54, 1.807) is 25.3 Å². The van der Waals surface area contributed by atoms with Crippen LogP contribution < -0.4 is 5.73 Å². The van der Waals surface area contributed by atoms with Gasteiger partial charge in [-0.05, 0) is 13.0 Å². The van der Waals surface area contributed by atoms with E-state index in [1.807, 2.05) is 0 Å². The highest BCUT2D eigenvalue weighted by atomic mass is 16.3. The summed E-state index contributed by atoms with van der Waals surface area (Å²) in [6.07, 6.45) is 1.06. The van der Waals surface area contributed by atoms with Crippen molar-refractivity contribution < 1.29 is 5.11 Å². The SMILES string of the molecule is C[C@@H](O)c1cccnc1N. The van der Waals surface area contributed by atoms with Crippen LogP contribution >= 0.6 is 0 Å². The Morgan fingerprint density at radius 3 is 2.80 bits per heavy atom. The zero-order valence-corrected chi connectivity index (χ0v) is 5.78. The predicted octanol–water partition coefficient (Wildman–Crippen LogP) is 0.717. The average Bonchev–Trinajstić information content (AvgIpc) is 1.88. The number of nitrogens with two attached hydrogens (primary N) is 1. The molecule has 3 heteroatoms. The first kappa shape index (κ1) is 7.02. The molecule has 1 heterocycles. The number of aliphatic hydroxyl groups excluding tert-OH is 1. The summed E-state index contributed by atoms with van der Waals surface area (Å²) in [6.45, 7) is 1.66. The van der Waals surface area contributed by atoms with Crippen LogP contribution in [0.5, 0.6) is 0 Å². The highest BCUT2D eigenvalue weighted by Crippen LogP contribution is 2.15. The molecule has 1 aromatic heterocycles. The van der Waals surface area contributed by atoms with Crippen LogP contribution in [0.3, 0.4) is 0 Å². The molecule has 0 spiro atoms. The molecule has 0 aliphatic heterocycles. The molecule has 0 bridgehead atoms. The van der Waals surface area contributed by atoms with E-state index in [1.165, 1.54) is 0 Å². The van der Waals surface area contributed by atoms with Crippen LogP contribution in [0.15, 0.2) is 18.3 Å². The Balaban J connectivity index is 3.03. The quantitative estimate of drug-likeness (QED) is 0.601. The monoisotopic (exact) mass is 138 g/mol. The van der Waals surface area contributed by atoms with Gasteiger partial charge in [-0.3, -0.25) is 0 Å². The van der Waals surface area contributed by atoms with Crippen molar-refractivity contribution in [3.8, 4) is 0 Å². The summed E-state index contributed by atoms with van der Waals surface area (Å²) in [6, 6.07) is 3.51. The van der Waals surface area contributed by atoms with Gasteiger partial charge in [0.25, 0.3) is 0 Å². The van der Waals surface area contributed by atoms with Crippen LogP contribution in [0.4, 0.5) is 5.82 Å². The summed E-state index contributed by atoms with van der Waals surface area (Å²) in [5, 5.41) is 9.08. The normalized spacial score (nSPS) is 13.0. The summed E-state index contributed by atoms with van der Waals surface area (Å²) in [7, 11) is 0. The van der Waals surface area contributed by atoms with E-state index in [-0.39, 0.29) is 0 Å². The van der Waals surface area contributed by atoms with Gasteiger partial charge in [-0.2, -0.15) is 0 Å². The molecular weight excluding hydrogens is 128 g/mol. The summed E-state index contributed by atoms with van der Waals surface area (Å²) in [5.41, 5.74) is 6.13. The Bertz CT molecular complexity index is 223. The van der Waals surface area contributed by atoms with Gasteiger partial charge in [0.2, 0.25) is 0 Å². The molecule has 3 N–H and O–H groups in total. The first-order valence-corrected chi connectivity index (χ1v) is 3.10. The Labute approximate surface area is 59.5 Å². The van der Waals surface area contributed by atoms with Crippen molar-refractivity contribution in [2.75, 3.05) is 5.73 Å². The van der Waals surface area contributed by atoms with Crippen LogP contribution in [0.2, 0.25) is 0 Å². The maximum atomic E-state index is 9.08. The Morgan fingerprint density at radius 1 is 1.70 bits per heavy atom. The number of pyridine rings is 1. The van der Waals surface area contributed by atoms with E-state index in [4.69, 9.17) is 10.8 Å². The third-order valence-electron chi connectivity index (χ3n) is 1.32. The third-order valence-corrected chi connectivity index (χ3v) is 1.32. The van der Waals surface area contributed by atoms with E-state index in [0.717, 1.165) is 0 Å². The second kappa shape index (κ2) is 2.66.